The molecule has 1 aromatic heterocycles. The van der Waals surface area contributed by atoms with Crippen molar-refractivity contribution in [2.24, 2.45) is 0 Å². The first kappa shape index (κ1) is 12.5. The number of hydrogen-bond acceptors (Lipinski definition) is 3. The van der Waals surface area contributed by atoms with Crippen LogP contribution in [0.2, 0.25) is 0 Å². The summed E-state index contributed by atoms with van der Waals surface area (Å²) in [5.41, 5.74) is 0. The molecule has 0 bridgehead atoms. The van der Waals surface area contributed by atoms with Crippen LogP contribution in [0.15, 0.2) is 16.5 Å². The quantitative estimate of drug-likeness (QED) is 0.762. The van der Waals surface area contributed by atoms with Crippen LogP contribution in [-0.2, 0) is 4.74 Å². The van der Waals surface area contributed by atoms with Gasteiger partial charge >= 0.3 is 0 Å². The molecule has 2 rings (SSSR count). The van der Waals surface area contributed by atoms with Crippen molar-refractivity contribution in [1.82, 2.24) is 4.90 Å². The number of rotatable bonds is 2. The smallest absolute Gasteiger partial charge is 0.289 e. The highest BCUT2D eigenvalue weighted by atomic mass is 35.5. The van der Waals surface area contributed by atoms with Gasteiger partial charge in [0.05, 0.1) is 18.1 Å². The second-order valence-electron chi connectivity index (χ2n) is 4.34. The predicted octanol–water partition coefficient (Wildman–Crippen LogP) is 2.06. The van der Waals surface area contributed by atoms with Gasteiger partial charge in [-0.25, -0.2) is 0 Å². The molecule has 0 N–H and O–H groups in total. The number of carbonyl (C=O) groups is 1. The Balaban J connectivity index is 2.08. The van der Waals surface area contributed by atoms with Gasteiger partial charge < -0.3 is 14.1 Å². The van der Waals surface area contributed by atoms with E-state index in [9.17, 15) is 4.79 Å². The van der Waals surface area contributed by atoms with Crippen molar-refractivity contribution in [3.05, 3.63) is 23.7 Å². The number of alkyl halides is 1. The lowest BCUT2D eigenvalue weighted by Crippen LogP contribution is -2.49. The highest BCUT2D eigenvalue weighted by Crippen LogP contribution is 2.16. The Bertz CT molecular complexity index is 404. The first-order valence-corrected chi connectivity index (χ1v) is 6.20. The van der Waals surface area contributed by atoms with Crippen LogP contribution in [0.3, 0.4) is 0 Å². The van der Waals surface area contributed by atoms with Gasteiger partial charge in [0.2, 0.25) is 0 Å². The van der Waals surface area contributed by atoms with Gasteiger partial charge in [0.1, 0.15) is 5.76 Å². The molecule has 2 unspecified atom stereocenters. The predicted molar refractivity (Wildman–Crippen MR) is 64.4 cm³/mol. The fraction of sp³-hybridized carbons (Fsp3) is 0.583. The number of furan rings is 1. The monoisotopic (exact) mass is 257 g/mol. The van der Waals surface area contributed by atoms with Crippen molar-refractivity contribution in [1.29, 1.82) is 0 Å². The molecule has 0 aliphatic carbocycles. The molecule has 0 aromatic carbocycles. The van der Waals surface area contributed by atoms with Gasteiger partial charge in [0, 0.05) is 13.1 Å². The molecule has 1 amide bonds. The molecule has 1 fully saturated rings. The van der Waals surface area contributed by atoms with Crippen LogP contribution in [0.1, 0.15) is 23.2 Å². The third kappa shape index (κ3) is 2.82. The molecule has 0 spiro atoms. The van der Waals surface area contributed by atoms with E-state index in [0.29, 0.717) is 24.7 Å². The Hall–Kier alpha value is -1.00. The summed E-state index contributed by atoms with van der Waals surface area (Å²) in [7, 11) is 0. The fourth-order valence-corrected chi connectivity index (χ4v) is 2.17. The Kier molecular flexibility index (Phi) is 3.74. The highest BCUT2D eigenvalue weighted by Gasteiger charge is 2.29. The summed E-state index contributed by atoms with van der Waals surface area (Å²) in [5, 5.41) is 0. The van der Waals surface area contributed by atoms with E-state index >= 15 is 0 Å². The Morgan fingerprint density at radius 3 is 2.88 bits per heavy atom. The summed E-state index contributed by atoms with van der Waals surface area (Å²) in [4.78, 5) is 13.9. The number of hydrogen-bond donors (Lipinski definition) is 0. The lowest BCUT2D eigenvalue weighted by atomic mass is 10.2. The zero-order chi connectivity index (χ0) is 12.4. The summed E-state index contributed by atoms with van der Waals surface area (Å²) in [5.74, 6) is 1.42. The van der Waals surface area contributed by atoms with Crippen molar-refractivity contribution in [2.45, 2.75) is 26.1 Å². The minimum Gasteiger partial charge on any atom is -0.456 e. The third-order valence-electron chi connectivity index (χ3n) is 2.74. The number of amides is 1. The fourth-order valence-electron chi connectivity index (χ4n) is 2.00. The van der Waals surface area contributed by atoms with Crippen molar-refractivity contribution in [2.75, 3.05) is 19.0 Å². The summed E-state index contributed by atoms with van der Waals surface area (Å²) < 4.78 is 10.9. The van der Waals surface area contributed by atoms with Crippen molar-refractivity contribution >= 4 is 17.5 Å². The molecule has 1 aliphatic heterocycles. The number of nitrogens with zero attached hydrogens (tertiary/aromatic N) is 1. The molecule has 17 heavy (non-hydrogen) atoms. The van der Waals surface area contributed by atoms with E-state index in [0.717, 1.165) is 5.76 Å². The number of carbonyl (C=O) groups excluding carboxylic acids is 1. The van der Waals surface area contributed by atoms with Crippen LogP contribution in [-0.4, -0.2) is 42.0 Å². The highest BCUT2D eigenvalue weighted by molar-refractivity contribution is 6.18. The van der Waals surface area contributed by atoms with Crippen molar-refractivity contribution in [3.8, 4) is 0 Å². The number of halogens is 1. The summed E-state index contributed by atoms with van der Waals surface area (Å²) >= 11 is 5.78. The van der Waals surface area contributed by atoms with Gasteiger partial charge in [-0.05, 0) is 26.0 Å². The third-order valence-corrected chi connectivity index (χ3v) is 3.08. The van der Waals surface area contributed by atoms with Crippen LogP contribution < -0.4 is 0 Å². The van der Waals surface area contributed by atoms with E-state index in [1.807, 2.05) is 13.8 Å². The molecule has 0 radical (unpaired) electrons. The number of aryl methyl sites for hydroxylation is 1. The second-order valence-corrected chi connectivity index (χ2v) is 4.65. The molecule has 1 aromatic rings. The largest absolute Gasteiger partial charge is 0.456 e. The van der Waals surface area contributed by atoms with Crippen molar-refractivity contribution < 1.29 is 13.9 Å². The van der Waals surface area contributed by atoms with Crippen LogP contribution in [0, 0.1) is 6.92 Å². The first-order valence-electron chi connectivity index (χ1n) is 5.67. The standard InChI is InChI=1S/C12H16ClNO3/c1-8-3-4-11(17-8)12(15)14-6-9(2)16-10(5-13)7-14/h3-4,9-10H,5-7H2,1-2H3. The maximum Gasteiger partial charge on any atom is 0.289 e. The van der Waals surface area contributed by atoms with Gasteiger partial charge in [-0.2, -0.15) is 0 Å². The lowest BCUT2D eigenvalue weighted by Gasteiger charge is -2.35. The molecule has 5 heteroatoms. The topological polar surface area (TPSA) is 42.7 Å². The number of ether oxygens (including phenoxy) is 1. The van der Waals surface area contributed by atoms with Gasteiger partial charge in [-0.1, -0.05) is 0 Å². The average molecular weight is 258 g/mol. The summed E-state index contributed by atoms with van der Waals surface area (Å²) in [6.07, 6.45) is -0.0899. The molecule has 0 saturated carbocycles. The van der Waals surface area contributed by atoms with Crippen LogP contribution in [0.4, 0.5) is 0 Å². The zero-order valence-electron chi connectivity index (χ0n) is 9.98. The Morgan fingerprint density at radius 1 is 1.53 bits per heavy atom. The first-order chi connectivity index (χ1) is 8.10. The molecule has 94 valence electrons. The van der Waals surface area contributed by atoms with E-state index in [4.69, 9.17) is 20.8 Å². The molecular weight excluding hydrogens is 242 g/mol. The Morgan fingerprint density at radius 2 is 2.29 bits per heavy atom. The Labute approximate surface area is 105 Å². The normalized spacial score (nSPS) is 25.0. The summed E-state index contributed by atoms with van der Waals surface area (Å²) in [6, 6.07) is 3.49. The van der Waals surface area contributed by atoms with E-state index in [2.05, 4.69) is 0 Å². The van der Waals surface area contributed by atoms with E-state index in [-0.39, 0.29) is 18.1 Å². The maximum atomic E-state index is 12.2. The molecule has 1 saturated heterocycles. The molecule has 1 aliphatic rings. The molecular formula is C12H16ClNO3. The van der Waals surface area contributed by atoms with E-state index < -0.39 is 0 Å². The average Bonchev–Trinajstić information content (AvgIpc) is 2.74. The zero-order valence-corrected chi connectivity index (χ0v) is 10.7. The SMILES string of the molecule is Cc1ccc(C(=O)N2CC(C)OC(CCl)C2)o1. The van der Waals surface area contributed by atoms with Gasteiger partial charge in [-0.3, -0.25) is 4.79 Å². The summed E-state index contributed by atoms with van der Waals surface area (Å²) in [6.45, 7) is 4.85. The minimum absolute atomic E-state index is 0.00695. The van der Waals surface area contributed by atoms with Crippen molar-refractivity contribution in [3.63, 3.8) is 0 Å². The van der Waals surface area contributed by atoms with E-state index in [1.165, 1.54) is 0 Å². The maximum absolute atomic E-state index is 12.2. The van der Waals surface area contributed by atoms with Crippen LogP contribution in [0.5, 0.6) is 0 Å². The lowest BCUT2D eigenvalue weighted by molar-refractivity contribution is -0.0576. The van der Waals surface area contributed by atoms with Gasteiger partial charge in [-0.15, -0.1) is 11.6 Å². The van der Waals surface area contributed by atoms with E-state index in [1.54, 1.807) is 17.0 Å². The minimum atomic E-state index is -0.0968. The molecule has 2 atom stereocenters. The molecule has 2 heterocycles. The second kappa shape index (κ2) is 5.10. The number of morpholine rings is 1. The van der Waals surface area contributed by atoms with Crippen LogP contribution in [0.25, 0.3) is 0 Å². The van der Waals surface area contributed by atoms with Gasteiger partial charge in [0.25, 0.3) is 5.91 Å². The van der Waals surface area contributed by atoms with Crippen LogP contribution >= 0.6 is 11.6 Å². The molecule has 4 nitrogen and oxygen atoms in total. The van der Waals surface area contributed by atoms with Gasteiger partial charge in [0.15, 0.2) is 5.76 Å².